The molecule has 148 valence electrons. The zero-order chi connectivity index (χ0) is 19.2. The van der Waals surface area contributed by atoms with Crippen LogP contribution in [-0.4, -0.2) is 34.8 Å². The Balaban J connectivity index is 1.20. The highest BCUT2D eigenvalue weighted by molar-refractivity contribution is 5.42. The zero-order valence-corrected chi connectivity index (χ0v) is 16.3. The standard InChI is InChI=1S/C22H27N3O3/c1-2-26-19-9-7-17(8-10-19)5-6-18-11-13-25(14-12-18)16-21-23-24-22(28-21)20-4-3-15-27-20/h3-4,7-10,15,18H,2,5-6,11-14,16H2,1H3. The normalized spacial score (nSPS) is 15.8. The lowest BCUT2D eigenvalue weighted by molar-refractivity contribution is 0.160. The fourth-order valence-electron chi connectivity index (χ4n) is 3.73. The minimum absolute atomic E-state index is 0.449. The van der Waals surface area contributed by atoms with E-state index in [1.165, 1.54) is 24.8 Å². The van der Waals surface area contributed by atoms with E-state index in [1.54, 1.807) is 6.26 Å². The van der Waals surface area contributed by atoms with Gasteiger partial charge in [-0.3, -0.25) is 4.90 Å². The Bertz CT molecular complexity index is 834. The molecule has 1 saturated heterocycles. The molecule has 1 aromatic carbocycles. The van der Waals surface area contributed by atoms with Gasteiger partial charge in [-0.25, -0.2) is 0 Å². The van der Waals surface area contributed by atoms with Gasteiger partial charge in [0.2, 0.25) is 5.89 Å². The molecule has 4 rings (SSSR count). The number of aromatic nitrogens is 2. The fourth-order valence-corrected chi connectivity index (χ4v) is 3.73. The molecule has 1 aliphatic rings. The van der Waals surface area contributed by atoms with Crippen LogP contribution >= 0.6 is 0 Å². The van der Waals surface area contributed by atoms with Crippen LogP contribution in [0.1, 0.15) is 37.6 Å². The first kappa shape index (κ1) is 18.7. The third-order valence-corrected chi connectivity index (χ3v) is 5.34. The molecule has 3 aromatic rings. The van der Waals surface area contributed by atoms with Crippen LogP contribution in [0, 0.1) is 5.92 Å². The summed E-state index contributed by atoms with van der Waals surface area (Å²) in [5, 5.41) is 8.23. The molecular formula is C22H27N3O3. The second-order valence-corrected chi connectivity index (χ2v) is 7.31. The van der Waals surface area contributed by atoms with Crippen LogP contribution in [0.5, 0.6) is 5.75 Å². The molecule has 0 unspecified atom stereocenters. The second-order valence-electron chi connectivity index (χ2n) is 7.31. The summed E-state index contributed by atoms with van der Waals surface area (Å²) in [7, 11) is 0. The van der Waals surface area contributed by atoms with Crippen LogP contribution in [0.15, 0.2) is 51.5 Å². The van der Waals surface area contributed by atoms with Gasteiger partial charge in [0.25, 0.3) is 5.89 Å². The zero-order valence-electron chi connectivity index (χ0n) is 16.3. The number of hydrogen-bond acceptors (Lipinski definition) is 6. The Morgan fingerprint density at radius 1 is 1.11 bits per heavy atom. The van der Waals surface area contributed by atoms with E-state index in [0.717, 1.165) is 31.2 Å². The molecule has 3 heterocycles. The molecule has 0 radical (unpaired) electrons. The van der Waals surface area contributed by atoms with Crippen molar-refractivity contribution in [1.82, 2.24) is 15.1 Å². The molecule has 1 aliphatic heterocycles. The van der Waals surface area contributed by atoms with E-state index < -0.39 is 0 Å². The van der Waals surface area contributed by atoms with Gasteiger partial charge in [-0.2, -0.15) is 0 Å². The van der Waals surface area contributed by atoms with Gasteiger partial charge in [-0.15, -0.1) is 10.2 Å². The monoisotopic (exact) mass is 381 g/mol. The first-order valence-electron chi connectivity index (χ1n) is 10.1. The number of aryl methyl sites for hydroxylation is 1. The maximum Gasteiger partial charge on any atom is 0.283 e. The Morgan fingerprint density at radius 3 is 2.64 bits per heavy atom. The van der Waals surface area contributed by atoms with E-state index >= 15 is 0 Å². The summed E-state index contributed by atoms with van der Waals surface area (Å²) in [6, 6.07) is 12.2. The van der Waals surface area contributed by atoms with Crippen molar-refractivity contribution in [3.63, 3.8) is 0 Å². The summed E-state index contributed by atoms with van der Waals surface area (Å²) in [6.07, 6.45) is 6.42. The summed E-state index contributed by atoms with van der Waals surface area (Å²) in [5.41, 5.74) is 1.39. The van der Waals surface area contributed by atoms with E-state index in [9.17, 15) is 0 Å². The highest BCUT2D eigenvalue weighted by Crippen LogP contribution is 2.25. The van der Waals surface area contributed by atoms with Gasteiger partial charge in [0, 0.05) is 0 Å². The van der Waals surface area contributed by atoms with Crippen LogP contribution in [0.3, 0.4) is 0 Å². The van der Waals surface area contributed by atoms with E-state index in [0.29, 0.717) is 30.7 Å². The average Bonchev–Trinajstić information content (AvgIpc) is 3.41. The lowest BCUT2D eigenvalue weighted by Crippen LogP contribution is -2.33. The highest BCUT2D eigenvalue weighted by atomic mass is 16.5. The summed E-state index contributed by atoms with van der Waals surface area (Å²) in [4.78, 5) is 2.40. The van der Waals surface area contributed by atoms with Gasteiger partial charge in [0.1, 0.15) is 5.75 Å². The number of hydrogen-bond donors (Lipinski definition) is 0. The highest BCUT2D eigenvalue weighted by Gasteiger charge is 2.21. The summed E-state index contributed by atoms with van der Waals surface area (Å²) in [6.45, 7) is 5.58. The Labute approximate surface area is 165 Å². The molecule has 0 aliphatic carbocycles. The molecule has 6 heteroatoms. The van der Waals surface area contributed by atoms with Crippen molar-refractivity contribution < 1.29 is 13.6 Å². The molecule has 1 fully saturated rings. The molecule has 0 saturated carbocycles. The Morgan fingerprint density at radius 2 is 1.93 bits per heavy atom. The first-order chi connectivity index (χ1) is 13.8. The number of rotatable bonds is 8. The van der Waals surface area contributed by atoms with Crippen LogP contribution in [0.4, 0.5) is 0 Å². The largest absolute Gasteiger partial charge is 0.494 e. The van der Waals surface area contributed by atoms with E-state index in [-0.39, 0.29) is 0 Å². The molecule has 0 atom stereocenters. The number of ether oxygens (including phenoxy) is 1. The van der Waals surface area contributed by atoms with Gasteiger partial charge in [-0.05, 0) is 81.4 Å². The summed E-state index contributed by atoms with van der Waals surface area (Å²) < 4.78 is 16.5. The predicted molar refractivity (Wildman–Crippen MR) is 106 cm³/mol. The smallest absolute Gasteiger partial charge is 0.283 e. The van der Waals surface area contributed by atoms with Gasteiger partial charge in [-0.1, -0.05) is 12.1 Å². The fraction of sp³-hybridized carbons (Fsp3) is 0.455. The van der Waals surface area contributed by atoms with Gasteiger partial charge in [0.05, 0.1) is 19.4 Å². The number of benzene rings is 1. The molecule has 0 N–H and O–H groups in total. The van der Waals surface area contributed by atoms with E-state index in [1.807, 2.05) is 19.1 Å². The number of likely N-dealkylation sites (tertiary alicyclic amines) is 1. The maximum atomic E-state index is 5.72. The molecule has 0 amide bonds. The molecule has 2 aromatic heterocycles. The van der Waals surface area contributed by atoms with Crippen LogP contribution < -0.4 is 4.74 Å². The summed E-state index contributed by atoms with van der Waals surface area (Å²) >= 11 is 0. The minimum atomic E-state index is 0.449. The lowest BCUT2D eigenvalue weighted by atomic mass is 9.90. The lowest BCUT2D eigenvalue weighted by Gasteiger charge is -2.31. The Kier molecular flexibility index (Phi) is 6.07. The van der Waals surface area contributed by atoms with Crippen molar-refractivity contribution in [2.75, 3.05) is 19.7 Å². The Hall–Kier alpha value is -2.60. The number of furan rings is 1. The quantitative estimate of drug-likeness (QED) is 0.569. The molecule has 28 heavy (non-hydrogen) atoms. The molecular weight excluding hydrogens is 354 g/mol. The second kappa shape index (κ2) is 9.06. The van der Waals surface area contributed by atoms with Gasteiger partial charge < -0.3 is 13.6 Å². The van der Waals surface area contributed by atoms with E-state index in [4.69, 9.17) is 13.6 Å². The molecule has 6 nitrogen and oxygen atoms in total. The van der Waals surface area contributed by atoms with Crippen molar-refractivity contribution in [2.24, 2.45) is 5.92 Å². The third-order valence-electron chi connectivity index (χ3n) is 5.34. The number of nitrogens with zero attached hydrogens (tertiary/aromatic N) is 3. The predicted octanol–water partition coefficient (Wildman–Crippen LogP) is 4.57. The SMILES string of the molecule is CCOc1ccc(CCC2CCN(Cc3nnc(-c4ccco4)o3)CC2)cc1. The van der Waals surface area contributed by atoms with Gasteiger partial charge in [0.15, 0.2) is 5.76 Å². The van der Waals surface area contributed by atoms with Crippen LogP contribution in [0.25, 0.3) is 11.7 Å². The van der Waals surface area contributed by atoms with Crippen LogP contribution in [-0.2, 0) is 13.0 Å². The van der Waals surface area contributed by atoms with Crippen molar-refractivity contribution in [3.8, 4) is 17.4 Å². The first-order valence-corrected chi connectivity index (χ1v) is 10.1. The van der Waals surface area contributed by atoms with Gasteiger partial charge >= 0.3 is 0 Å². The maximum absolute atomic E-state index is 5.72. The topological polar surface area (TPSA) is 64.5 Å². The third kappa shape index (κ3) is 4.81. The molecule has 0 bridgehead atoms. The number of piperidine rings is 1. The van der Waals surface area contributed by atoms with Crippen molar-refractivity contribution in [3.05, 3.63) is 54.1 Å². The molecule has 0 spiro atoms. The van der Waals surface area contributed by atoms with Crippen molar-refractivity contribution >= 4 is 0 Å². The van der Waals surface area contributed by atoms with Crippen molar-refractivity contribution in [2.45, 2.75) is 39.2 Å². The minimum Gasteiger partial charge on any atom is -0.494 e. The van der Waals surface area contributed by atoms with E-state index in [2.05, 4.69) is 39.4 Å². The summed E-state index contributed by atoms with van der Waals surface area (Å²) in [5.74, 6) is 3.45. The van der Waals surface area contributed by atoms with Crippen LogP contribution in [0.2, 0.25) is 0 Å². The van der Waals surface area contributed by atoms with Crippen molar-refractivity contribution in [1.29, 1.82) is 0 Å². The average molecular weight is 381 g/mol.